The number of carbonyl (C=O) groups excluding carboxylic acids is 2. The summed E-state index contributed by atoms with van der Waals surface area (Å²) >= 11 is 1.56. The topological polar surface area (TPSA) is 154 Å². The van der Waals surface area contributed by atoms with Gasteiger partial charge in [0.25, 0.3) is 21.6 Å². The minimum Gasteiger partial charge on any atom is -0.461 e. The van der Waals surface area contributed by atoms with E-state index in [1.807, 2.05) is 83.4 Å². The number of hydrogen-bond donors (Lipinski definition) is 2. The van der Waals surface area contributed by atoms with Crippen LogP contribution in [0.4, 0.5) is 17.1 Å². The van der Waals surface area contributed by atoms with Crippen molar-refractivity contribution in [1.29, 1.82) is 0 Å². The summed E-state index contributed by atoms with van der Waals surface area (Å²) in [5, 5.41) is 15.7. The molecule has 0 unspecified atom stereocenters. The highest BCUT2D eigenvalue weighted by Gasteiger charge is 2.32. The smallest absolute Gasteiger partial charge is 0.340 e. The van der Waals surface area contributed by atoms with E-state index in [1.54, 1.807) is 36.0 Å². The van der Waals surface area contributed by atoms with E-state index >= 15 is 0 Å². The number of amides is 1. The second-order valence-electron chi connectivity index (χ2n) is 14.9. The first-order valence-electron chi connectivity index (χ1n) is 20.1. The summed E-state index contributed by atoms with van der Waals surface area (Å²) in [7, 11) is -2.80. The van der Waals surface area contributed by atoms with E-state index in [1.165, 1.54) is 5.57 Å². The molecule has 2 aliphatic heterocycles. The number of nitro benzene ring substituents is 1. The molecule has 0 spiro atoms. The predicted octanol–water partition coefficient (Wildman–Crippen LogP) is 7.03. The number of piperazine rings is 1. The van der Waals surface area contributed by atoms with E-state index in [0.29, 0.717) is 25.3 Å². The van der Waals surface area contributed by atoms with Crippen molar-refractivity contribution in [3.63, 3.8) is 0 Å². The van der Waals surface area contributed by atoms with Crippen molar-refractivity contribution in [2.24, 2.45) is 0 Å². The number of sulfonamides is 1. The number of rotatable bonds is 12. The maximum atomic E-state index is 13.7. The second kappa shape index (κ2) is 20.0. The fourth-order valence-corrected chi connectivity index (χ4v) is 9.31. The summed E-state index contributed by atoms with van der Waals surface area (Å²) in [5.41, 5.74) is 3.41. The van der Waals surface area contributed by atoms with Crippen LogP contribution in [0.15, 0.2) is 143 Å². The van der Waals surface area contributed by atoms with Crippen LogP contribution in [0.3, 0.4) is 0 Å². The number of nitrogens with zero attached hydrogens (tertiary/aromatic N) is 4. The molecule has 0 aliphatic carbocycles. The van der Waals surface area contributed by atoms with Crippen LogP contribution in [0, 0.1) is 10.1 Å². The maximum absolute atomic E-state index is 13.7. The fourth-order valence-electron chi connectivity index (χ4n) is 7.30. The molecule has 0 radical (unpaired) electrons. The molecule has 5 aromatic carbocycles. The number of nitro groups is 1. The van der Waals surface area contributed by atoms with E-state index < -0.39 is 37.4 Å². The molecule has 1 atom stereocenters. The molecule has 2 aliphatic rings. The lowest BCUT2D eigenvalue weighted by Crippen LogP contribution is -2.46. The van der Waals surface area contributed by atoms with Gasteiger partial charge in [0.1, 0.15) is 12.3 Å². The third-order valence-corrected chi connectivity index (χ3v) is 13.2. The lowest BCUT2D eigenvalue weighted by atomic mass is 9.97. The minimum atomic E-state index is -4.69. The zero-order valence-corrected chi connectivity index (χ0v) is 35.4. The first kappa shape index (κ1) is 43.1. The van der Waals surface area contributed by atoms with Crippen LogP contribution >= 0.6 is 11.8 Å². The molecule has 2 heterocycles. The Labute approximate surface area is 360 Å². The fraction of sp³-hybridized carbons (Fsp3) is 0.261. The summed E-state index contributed by atoms with van der Waals surface area (Å²) in [4.78, 5) is 45.6. The highest BCUT2D eigenvalue weighted by molar-refractivity contribution is 7.99. The number of benzene rings is 5. The number of carbonyl (C=O) groups is 2. The normalized spacial score (nSPS) is 16.6. The zero-order chi connectivity index (χ0) is 42.8. The van der Waals surface area contributed by atoms with Gasteiger partial charge in [-0.2, -0.15) is 0 Å². The summed E-state index contributed by atoms with van der Waals surface area (Å²) in [6.45, 7) is 4.99. The molecule has 0 saturated carbocycles. The average molecular weight is 861 g/mol. The summed E-state index contributed by atoms with van der Waals surface area (Å²) in [6, 6.07) is 38.6. The van der Waals surface area contributed by atoms with E-state index in [0.717, 1.165) is 66.6 Å². The van der Waals surface area contributed by atoms with Crippen molar-refractivity contribution in [3.8, 4) is 0 Å². The Kier molecular flexibility index (Phi) is 14.2. The number of esters is 1. The van der Waals surface area contributed by atoms with Gasteiger partial charge in [0, 0.05) is 73.3 Å². The monoisotopic (exact) mass is 860 g/mol. The molecule has 61 heavy (non-hydrogen) atoms. The first-order valence-corrected chi connectivity index (χ1v) is 22.6. The molecule has 5 aromatic rings. The molecule has 0 aromatic heterocycles. The van der Waals surface area contributed by atoms with Gasteiger partial charge in [0.05, 0.1) is 15.4 Å². The van der Waals surface area contributed by atoms with Crippen molar-refractivity contribution >= 4 is 56.3 Å². The number of likely N-dealkylation sites (N-methyl/N-ethyl adjacent to an activating group) is 1. The van der Waals surface area contributed by atoms with Gasteiger partial charge in [-0.3, -0.25) is 19.8 Å². The van der Waals surface area contributed by atoms with Crippen molar-refractivity contribution < 1.29 is 27.7 Å². The number of anilines is 2. The number of ether oxygens (including phenoxy) is 1. The van der Waals surface area contributed by atoms with E-state index in [9.17, 15) is 28.1 Å². The number of hydrogen-bond acceptors (Lipinski definition) is 12. The SMILES string of the molecule is CN1CCOC(=O)c2cc(S(=O)(=O)NC(=O)c3ccc(N4CCN(CC=C(c5ccccc5)c5ccccc5)CC4)cc3)cc([N+](=O)[O-])c2N[C@@H](CSc2ccccc2)CC1. The molecule has 7 rings (SSSR count). The largest absolute Gasteiger partial charge is 0.461 e. The highest BCUT2D eigenvalue weighted by Crippen LogP contribution is 2.35. The second-order valence-corrected chi connectivity index (χ2v) is 17.7. The molecule has 0 bridgehead atoms. The van der Waals surface area contributed by atoms with Crippen molar-refractivity contribution in [2.45, 2.75) is 22.3 Å². The van der Waals surface area contributed by atoms with Crippen LogP contribution in [0.5, 0.6) is 0 Å². The molecular formula is C46H48N6O7S2. The predicted molar refractivity (Wildman–Crippen MR) is 240 cm³/mol. The van der Waals surface area contributed by atoms with Gasteiger partial charge in [0.15, 0.2) is 0 Å². The van der Waals surface area contributed by atoms with Gasteiger partial charge in [-0.25, -0.2) is 17.9 Å². The standard InChI is InChI=1S/C46H48N6O7S2/c1-49-23-21-37(33-60-39-15-9-4-10-16-39)47-44-42(46(54)59-30-29-49)31-40(32-43(44)52(55)56)61(57,58)48-45(53)36-17-19-38(20-18-36)51-27-25-50(26-28-51)24-22-41(34-11-5-2-6-12-34)35-13-7-3-8-14-35/h2-20,22,31-32,37,47H,21,23-30,33H2,1H3,(H,48,53)/t37-/m1/s1. The third-order valence-electron chi connectivity index (χ3n) is 10.7. The molecule has 1 saturated heterocycles. The molecule has 2 N–H and O–H groups in total. The molecular weight excluding hydrogens is 813 g/mol. The van der Waals surface area contributed by atoms with Crippen LogP contribution in [0.1, 0.15) is 38.3 Å². The van der Waals surface area contributed by atoms with Crippen LogP contribution in [0.2, 0.25) is 0 Å². The average Bonchev–Trinajstić information content (AvgIpc) is 3.30. The quantitative estimate of drug-likeness (QED) is 0.0573. The van der Waals surface area contributed by atoms with Gasteiger partial charge < -0.3 is 19.9 Å². The Bertz CT molecular complexity index is 2410. The van der Waals surface area contributed by atoms with E-state index in [2.05, 4.69) is 45.5 Å². The summed E-state index contributed by atoms with van der Waals surface area (Å²) in [5.74, 6) is -1.33. The van der Waals surface area contributed by atoms with E-state index in [4.69, 9.17) is 4.74 Å². The molecule has 13 nitrogen and oxygen atoms in total. The highest BCUT2D eigenvalue weighted by atomic mass is 32.2. The van der Waals surface area contributed by atoms with Gasteiger partial charge in [-0.1, -0.05) is 84.9 Å². The zero-order valence-electron chi connectivity index (χ0n) is 33.8. The molecule has 15 heteroatoms. The first-order chi connectivity index (χ1) is 29.5. The van der Waals surface area contributed by atoms with Crippen LogP contribution in [-0.4, -0.2) is 106 Å². The number of thioether (sulfide) groups is 1. The Morgan fingerprint density at radius 3 is 2.10 bits per heavy atom. The summed E-state index contributed by atoms with van der Waals surface area (Å²) < 4.78 is 35.0. The molecule has 1 fully saturated rings. The number of fused-ring (bicyclic) bond motifs is 1. The van der Waals surface area contributed by atoms with Crippen LogP contribution in [-0.2, 0) is 14.8 Å². The van der Waals surface area contributed by atoms with Gasteiger partial charge in [-0.15, -0.1) is 11.8 Å². The number of cyclic esters (lactones) is 1. The third kappa shape index (κ3) is 11.2. The maximum Gasteiger partial charge on any atom is 0.340 e. The Morgan fingerprint density at radius 2 is 1.48 bits per heavy atom. The molecule has 1 amide bonds. The van der Waals surface area contributed by atoms with Gasteiger partial charge in [0.2, 0.25) is 0 Å². The summed E-state index contributed by atoms with van der Waals surface area (Å²) in [6.07, 6.45) is 2.86. The van der Waals surface area contributed by atoms with Crippen LogP contribution < -0.4 is 14.9 Å². The Morgan fingerprint density at radius 1 is 0.852 bits per heavy atom. The number of nitrogens with one attached hydrogen (secondary N) is 2. The lowest BCUT2D eigenvalue weighted by Gasteiger charge is -2.35. The molecule has 316 valence electrons. The van der Waals surface area contributed by atoms with Crippen molar-refractivity contribution in [1.82, 2.24) is 14.5 Å². The minimum absolute atomic E-state index is 0.00685. The van der Waals surface area contributed by atoms with Gasteiger partial charge >= 0.3 is 5.97 Å². The van der Waals surface area contributed by atoms with E-state index in [-0.39, 0.29) is 29.5 Å². The Balaban J connectivity index is 1.03. The van der Waals surface area contributed by atoms with Crippen molar-refractivity contribution in [3.05, 3.63) is 166 Å². The van der Waals surface area contributed by atoms with Crippen molar-refractivity contribution in [2.75, 3.05) is 75.4 Å². The van der Waals surface area contributed by atoms with Crippen LogP contribution in [0.25, 0.3) is 5.57 Å². The Hall–Kier alpha value is -6.00. The van der Waals surface area contributed by atoms with Gasteiger partial charge in [-0.05, 0) is 79.2 Å². The lowest BCUT2D eigenvalue weighted by molar-refractivity contribution is -0.384.